The quantitative estimate of drug-likeness (QED) is 0.728. The molecule has 0 amide bonds. The number of Topliss-reactive ketones (excluding diaryl/α,β-unsaturated/α-hetero) is 1. The lowest BCUT2D eigenvalue weighted by Crippen LogP contribution is -2.68. The highest BCUT2D eigenvalue weighted by atomic mass is 16.1. The summed E-state index contributed by atoms with van der Waals surface area (Å²) >= 11 is 0. The van der Waals surface area contributed by atoms with Crippen molar-refractivity contribution in [3.05, 3.63) is 0 Å². The minimum Gasteiger partial charge on any atom is -0.300 e. The van der Waals surface area contributed by atoms with Crippen LogP contribution < -0.4 is 0 Å². The zero-order valence-corrected chi connectivity index (χ0v) is 12.5. The molecule has 0 radical (unpaired) electrons. The van der Waals surface area contributed by atoms with Gasteiger partial charge in [-0.05, 0) is 69.1 Å². The summed E-state index contributed by atoms with van der Waals surface area (Å²) in [5, 5.41) is 0. The first-order valence-electron chi connectivity index (χ1n) is 9.02. The maximum atomic E-state index is 12.0. The number of ketones is 1. The molecule has 2 atom stereocenters. The van der Waals surface area contributed by atoms with E-state index in [-0.39, 0.29) is 0 Å². The van der Waals surface area contributed by atoms with Gasteiger partial charge in [0, 0.05) is 30.5 Å². The fourth-order valence-corrected chi connectivity index (χ4v) is 7.33. The fourth-order valence-electron chi connectivity index (χ4n) is 7.33. The first kappa shape index (κ1) is 12.2. The number of hydrogen-bond donors (Lipinski definition) is 0. The van der Waals surface area contributed by atoms with Crippen LogP contribution in [0.5, 0.6) is 0 Å². The Morgan fingerprint density at radius 1 is 0.850 bits per heavy atom. The summed E-state index contributed by atoms with van der Waals surface area (Å²) in [4.78, 5) is 15.0. The van der Waals surface area contributed by atoms with E-state index in [0.29, 0.717) is 23.4 Å². The Morgan fingerprint density at radius 3 is 1.85 bits per heavy atom. The van der Waals surface area contributed by atoms with E-state index in [4.69, 9.17) is 0 Å². The number of carbonyl (C=O) groups excluding carboxylic acids is 1. The van der Waals surface area contributed by atoms with E-state index < -0.39 is 0 Å². The van der Waals surface area contributed by atoms with E-state index in [2.05, 4.69) is 4.90 Å². The third-order valence-corrected chi connectivity index (χ3v) is 7.34. The summed E-state index contributed by atoms with van der Waals surface area (Å²) in [5.74, 6) is 3.64. The van der Waals surface area contributed by atoms with Crippen LogP contribution in [0.4, 0.5) is 0 Å². The van der Waals surface area contributed by atoms with Crippen LogP contribution in [0.15, 0.2) is 0 Å². The molecule has 6 bridgehead atoms. The lowest BCUT2D eigenvalue weighted by Gasteiger charge is -2.65. The van der Waals surface area contributed by atoms with Gasteiger partial charge in [0.25, 0.3) is 0 Å². The van der Waals surface area contributed by atoms with Gasteiger partial charge in [-0.3, -0.25) is 9.69 Å². The largest absolute Gasteiger partial charge is 0.300 e. The van der Waals surface area contributed by atoms with Gasteiger partial charge in [0.1, 0.15) is 5.78 Å². The smallest absolute Gasteiger partial charge is 0.136 e. The third kappa shape index (κ3) is 1.63. The van der Waals surface area contributed by atoms with Gasteiger partial charge in [0.05, 0.1) is 0 Å². The van der Waals surface area contributed by atoms with Crippen molar-refractivity contribution >= 4 is 5.78 Å². The summed E-state index contributed by atoms with van der Waals surface area (Å²) in [6, 6.07) is 1.23. The SMILES string of the molecule is O=C1CC2CCCC(C1)N2C12CC3CC(CC(C3)C1)C2. The minimum absolute atomic E-state index is 0.533. The number of hydrogen-bond acceptors (Lipinski definition) is 2. The molecule has 4 saturated carbocycles. The highest BCUT2D eigenvalue weighted by Gasteiger charge is 2.57. The highest BCUT2D eigenvalue weighted by Crippen LogP contribution is 2.60. The molecule has 110 valence electrons. The number of nitrogens with zero attached hydrogens (tertiary/aromatic N) is 1. The molecule has 6 rings (SSSR count). The molecule has 20 heavy (non-hydrogen) atoms. The average Bonchev–Trinajstić information content (AvgIpc) is 2.35. The number of carbonyl (C=O) groups is 1. The molecule has 0 aromatic carbocycles. The van der Waals surface area contributed by atoms with Crippen molar-refractivity contribution in [2.45, 2.75) is 88.3 Å². The van der Waals surface area contributed by atoms with E-state index in [0.717, 1.165) is 30.6 Å². The molecule has 0 aromatic rings. The van der Waals surface area contributed by atoms with E-state index in [1.54, 1.807) is 0 Å². The molecule has 2 heteroatoms. The Labute approximate surface area is 122 Å². The summed E-state index contributed by atoms with van der Waals surface area (Å²) in [6.45, 7) is 0. The average molecular weight is 273 g/mol. The van der Waals surface area contributed by atoms with Gasteiger partial charge in [-0.15, -0.1) is 0 Å². The van der Waals surface area contributed by atoms with Crippen LogP contribution in [0.2, 0.25) is 0 Å². The Hall–Kier alpha value is -0.370. The predicted molar refractivity (Wildman–Crippen MR) is 78.4 cm³/mol. The second-order valence-corrected chi connectivity index (χ2v) is 8.73. The zero-order valence-electron chi connectivity index (χ0n) is 12.5. The van der Waals surface area contributed by atoms with Crippen LogP contribution in [-0.2, 0) is 4.79 Å². The second kappa shape index (κ2) is 4.09. The van der Waals surface area contributed by atoms with Gasteiger partial charge in [-0.2, -0.15) is 0 Å². The Bertz CT molecular complexity index is 391. The van der Waals surface area contributed by atoms with Crippen LogP contribution in [0.25, 0.3) is 0 Å². The minimum atomic E-state index is 0.533. The van der Waals surface area contributed by atoms with Crippen molar-refractivity contribution in [3.63, 3.8) is 0 Å². The molecule has 2 nitrogen and oxygen atoms in total. The van der Waals surface area contributed by atoms with Gasteiger partial charge >= 0.3 is 0 Å². The monoisotopic (exact) mass is 273 g/mol. The third-order valence-electron chi connectivity index (χ3n) is 7.34. The van der Waals surface area contributed by atoms with Gasteiger partial charge in [0.15, 0.2) is 0 Å². The van der Waals surface area contributed by atoms with Crippen LogP contribution in [0, 0.1) is 17.8 Å². The van der Waals surface area contributed by atoms with Crippen LogP contribution in [0.1, 0.15) is 70.6 Å². The molecular weight excluding hydrogens is 246 g/mol. The highest BCUT2D eigenvalue weighted by molar-refractivity contribution is 5.80. The maximum Gasteiger partial charge on any atom is 0.136 e. The maximum absolute atomic E-state index is 12.0. The lowest BCUT2D eigenvalue weighted by atomic mass is 9.51. The molecule has 2 heterocycles. The van der Waals surface area contributed by atoms with E-state index >= 15 is 0 Å². The number of rotatable bonds is 1. The second-order valence-electron chi connectivity index (χ2n) is 8.73. The molecule has 0 aromatic heterocycles. The van der Waals surface area contributed by atoms with Crippen molar-refractivity contribution in [1.82, 2.24) is 4.90 Å². The molecule has 6 fully saturated rings. The normalized spacial score (nSPS) is 54.4. The van der Waals surface area contributed by atoms with Crippen molar-refractivity contribution in [1.29, 1.82) is 0 Å². The first-order valence-corrected chi connectivity index (χ1v) is 9.02. The van der Waals surface area contributed by atoms with Crippen molar-refractivity contribution in [2.24, 2.45) is 17.8 Å². The predicted octanol–water partition coefficient (Wildman–Crippen LogP) is 3.54. The van der Waals surface area contributed by atoms with E-state index in [1.165, 1.54) is 57.8 Å². The Morgan fingerprint density at radius 2 is 1.35 bits per heavy atom. The van der Waals surface area contributed by atoms with Gasteiger partial charge < -0.3 is 0 Å². The van der Waals surface area contributed by atoms with Crippen molar-refractivity contribution in [2.75, 3.05) is 0 Å². The fraction of sp³-hybridized carbons (Fsp3) is 0.944. The van der Waals surface area contributed by atoms with Crippen molar-refractivity contribution in [3.8, 4) is 0 Å². The topological polar surface area (TPSA) is 20.3 Å². The summed E-state index contributed by atoms with van der Waals surface area (Å²) in [5.41, 5.74) is 0.533. The standard InChI is InChI=1S/C18H27NO/c20-17-7-15-2-1-3-16(8-17)19(15)18-9-12-4-13(10-18)6-14(5-12)11-18/h12-16H,1-11H2. The molecular formula is C18H27NO. The first-order chi connectivity index (χ1) is 9.72. The van der Waals surface area contributed by atoms with Crippen molar-refractivity contribution < 1.29 is 4.79 Å². The van der Waals surface area contributed by atoms with Gasteiger partial charge in [-0.1, -0.05) is 6.42 Å². The summed E-state index contributed by atoms with van der Waals surface area (Å²) < 4.78 is 0. The molecule has 0 spiro atoms. The molecule has 2 saturated heterocycles. The lowest BCUT2D eigenvalue weighted by molar-refractivity contribution is -0.156. The zero-order chi connectivity index (χ0) is 13.3. The molecule has 6 aliphatic rings. The molecule has 0 N–H and O–H groups in total. The van der Waals surface area contributed by atoms with E-state index in [9.17, 15) is 4.79 Å². The molecule has 4 aliphatic carbocycles. The Kier molecular flexibility index (Phi) is 2.49. The number of piperidine rings is 2. The molecule has 2 unspecified atom stereocenters. The number of fused-ring (bicyclic) bond motifs is 2. The van der Waals surface area contributed by atoms with Crippen LogP contribution in [-0.4, -0.2) is 28.3 Å². The van der Waals surface area contributed by atoms with Crippen LogP contribution >= 0.6 is 0 Å². The Balaban J connectivity index is 1.51. The summed E-state index contributed by atoms with van der Waals surface area (Å²) in [6.07, 6.45) is 14.7. The van der Waals surface area contributed by atoms with Gasteiger partial charge in [-0.25, -0.2) is 0 Å². The van der Waals surface area contributed by atoms with Gasteiger partial charge in [0.2, 0.25) is 0 Å². The summed E-state index contributed by atoms with van der Waals surface area (Å²) in [7, 11) is 0. The molecule has 2 aliphatic heterocycles. The van der Waals surface area contributed by atoms with Crippen LogP contribution in [0.3, 0.4) is 0 Å². The van der Waals surface area contributed by atoms with E-state index in [1.807, 2.05) is 0 Å².